The first-order chi connectivity index (χ1) is 9.99. The van der Waals surface area contributed by atoms with E-state index in [0.29, 0.717) is 32.9 Å². The van der Waals surface area contributed by atoms with E-state index < -0.39 is 5.92 Å². The van der Waals surface area contributed by atoms with Gasteiger partial charge in [0.15, 0.2) is 4.67 Å². The Bertz CT molecular complexity index is 841. The normalized spacial score (nSPS) is 11.4. The Morgan fingerprint density at radius 1 is 0.952 bits per heavy atom. The molecule has 21 heavy (non-hydrogen) atoms. The number of nitrogens with one attached hydrogen (secondary N) is 4. The quantitative estimate of drug-likeness (QED) is 0.577. The summed E-state index contributed by atoms with van der Waals surface area (Å²) < 4.78 is 6.14. The van der Waals surface area contributed by atoms with Crippen molar-refractivity contribution < 1.29 is 4.42 Å². The van der Waals surface area contributed by atoms with Crippen LogP contribution in [0.4, 0.5) is 0 Å². The monoisotopic (exact) mass is 352 g/mol. The maximum absolute atomic E-state index is 12.1. The van der Waals surface area contributed by atoms with E-state index in [2.05, 4.69) is 36.3 Å². The van der Waals surface area contributed by atoms with Gasteiger partial charge in [-0.25, -0.2) is 0 Å². The highest BCUT2D eigenvalue weighted by Crippen LogP contribution is 2.33. The van der Waals surface area contributed by atoms with Crippen molar-refractivity contribution in [2.45, 2.75) is 19.8 Å². The number of furan rings is 1. The zero-order chi connectivity index (χ0) is 15.1. The molecule has 0 bridgehead atoms. The second-order valence-electron chi connectivity index (χ2n) is 4.81. The molecule has 0 aliphatic carbocycles. The van der Waals surface area contributed by atoms with Gasteiger partial charge >= 0.3 is 0 Å². The lowest BCUT2D eigenvalue weighted by Crippen LogP contribution is -2.19. The van der Waals surface area contributed by atoms with E-state index in [1.165, 1.54) is 0 Å². The summed E-state index contributed by atoms with van der Waals surface area (Å²) in [5, 5.41) is 10.6. The van der Waals surface area contributed by atoms with Crippen LogP contribution < -0.4 is 11.1 Å². The summed E-state index contributed by atoms with van der Waals surface area (Å²) >= 11 is 3.25. The molecular weight excluding hydrogens is 340 g/mol. The topological polar surface area (TPSA) is 110 Å². The van der Waals surface area contributed by atoms with Crippen molar-refractivity contribution in [3.63, 3.8) is 0 Å². The van der Waals surface area contributed by atoms with Crippen molar-refractivity contribution in [3.05, 3.63) is 65.8 Å². The highest BCUT2D eigenvalue weighted by atomic mass is 79.9. The van der Waals surface area contributed by atoms with Gasteiger partial charge in [-0.05, 0) is 41.9 Å². The van der Waals surface area contributed by atoms with Gasteiger partial charge in [-0.1, -0.05) is 0 Å². The van der Waals surface area contributed by atoms with Gasteiger partial charge in [-0.15, -0.1) is 0 Å². The lowest BCUT2D eigenvalue weighted by Gasteiger charge is -2.12. The molecule has 0 aromatic carbocycles. The molecule has 3 aromatic heterocycles. The molecule has 4 N–H and O–H groups in total. The summed E-state index contributed by atoms with van der Waals surface area (Å²) in [6, 6.07) is 3.47. The van der Waals surface area contributed by atoms with E-state index in [-0.39, 0.29) is 11.1 Å². The van der Waals surface area contributed by atoms with E-state index in [9.17, 15) is 9.59 Å². The fraction of sp³-hybridized carbons (Fsp3) is 0.231. The van der Waals surface area contributed by atoms with Crippen LogP contribution in [0.25, 0.3) is 0 Å². The number of H-pyrrole nitrogens is 4. The Labute approximate surface area is 126 Å². The third kappa shape index (κ3) is 2.21. The van der Waals surface area contributed by atoms with Gasteiger partial charge < -0.3 is 14.6 Å². The third-order valence-electron chi connectivity index (χ3n) is 3.48. The third-order valence-corrected chi connectivity index (χ3v) is 3.91. The molecular formula is C13H13BrN4O3. The second kappa shape index (κ2) is 4.96. The minimum Gasteiger partial charge on any atom is -0.453 e. The zero-order valence-electron chi connectivity index (χ0n) is 11.3. The predicted molar refractivity (Wildman–Crippen MR) is 79.7 cm³/mol. The Hall–Kier alpha value is -2.22. The first-order valence-corrected chi connectivity index (χ1v) is 7.08. The van der Waals surface area contributed by atoms with Gasteiger partial charge in [0, 0.05) is 11.4 Å². The van der Waals surface area contributed by atoms with Crippen molar-refractivity contribution >= 4 is 15.9 Å². The van der Waals surface area contributed by atoms with Crippen molar-refractivity contribution in [2.24, 2.45) is 0 Å². The number of rotatable bonds is 3. The number of halogens is 1. The summed E-state index contributed by atoms with van der Waals surface area (Å²) in [6.07, 6.45) is 0. The van der Waals surface area contributed by atoms with Crippen LogP contribution in [-0.2, 0) is 0 Å². The van der Waals surface area contributed by atoms with Gasteiger partial charge in [-0.3, -0.25) is 19.8 Å². The molecule has 0 aliphatic rings. The number of aryl methyl sites for hydroxylation is 2. The van der Waals surface area contributed by atoms with Gasteiger partial charge in [0.25, 0.3) is 11.1 Å². The van der Waals surface area contributed by atoms with E-state index in [1.807, 2.05) is 0 Å². The maximum Gasteiger partial charge on any atom is 0.268 e. The summed E-state index contributed by atoms with van der Waals surface area (Å²) in [5.74, 6) is -0.0652. The van der Waals surface area contributed by atoms with Crippen molar-refractivity contribution in [3.8, 4) is 0 Å². The van der Waals surface area contributed by atoms with Gasteiger partial charge in [0.2, 0.25) is 0 Å². The Morgan fingerprint density at radius 2 is 1.48 bits per heavy atom. The molecule has 0 saturated carbocycles. The van der Waals surface area contributed by atoms with Crippen molar-refractivity contribution in [1.82, 2.24) is 20.4 Å². The molecule has 0 spiro atoms. The lowest BCUT2D eigenvalue weighted by atomic mass is 9.89. The van der Waals surface area contributed by atoms with Crippen LogP contribution in [0.5, 0.6) is 0 Å². The Balaban J connectivity index is 2.31. The summed E-state index contributed by atoms with van der Waals surface area (Å²) in [4.78, 5) is 24.2. The highest BCUT2D eigenvalue weighted by molar-refractivity contribution is 9.10. The van der Waals surface area contributed by atoms with Crippen LogP contribution in [-0.4, -0.2) is 20.4 Å². The number of aromatic amines is 4. The largest absolute Gasteiger partial charge is 0.453 e. The van der Waals surface area contributed by atoms with Crippen LogP contribution >= 0.6 is 15.9 Å². The first-order valence-electron chi connectivity index (χ1n) is 6.28. The second-order valence-corrected chi connectivity index (χ2v) is 5.59. The average molecular weight is 353 g/mol. The molecule has 3 heterocycles. The van der Waals surface area contributed by atoms with Gasteiger partial charge in [-0.2, -0.15) is 0 Å². The molecule has 0 amide bonds. The van der Waals surface area contributed by atoms with Crippen LogP contribution in [0.1, 0.15) is 34.2 Å². The highest BCUT2D eigenvalue weighted by Gasteiger charge is 2.30. The summed E-state index contributed by atoms with van der Waals surface area (Å²) in [6.45, 7) is 3.54. The fourth-order valence-electron chi connectivity index (χ4n) is 2.52. The summed E-state index contributed by atoms with van der Waals surface area (Å²) in [7, 11) is 0. The number of hydrogen-bond donors (Lipinski definition) is 4. The fourth-order valence-corrected chi connectivity index (χ4v) is 2.84. The van der Waals surface area contributed by atoms with Crippen LogP contribution in [0, 0.1) is 13.8 Å². The molecule has 110 valence electrons. The minimum atomic E-state index is -0.582. The molecule has 0 fully saturated rings. The van der Waals surface area contributed by atoms with Gasteiger partial charge in [0.1, 0.15) is 5.76 Å². The first kappa shape index (κ1) is 13.7. The molecule has 0 unspecified atom stereocenters. The SMILES string of the molecule is Cc1[nH][nH]c(=O)c1C(c1ccc(Br)o1)c1c(C)[nH][nH]c1=O. The van der Waals surface area contributed by atoms with Crippen LogP contribution in [0.15, 0.2) is 30.8 Å². The molecule has 0 aliphatic heterocycles. The van der Waals surface area contributed by atoms with E-state index >= 15 is 0 Å². The van der Waals surface area contributed by atoms with Crippen LogP contribution in [0.2, 0.25) is 0 Å². The average Bonchev–Trinajstić information content (AvgIpc) is 3.09. The van der Waals surface area contributed by atoms with Gasteiger partial charge in [0.05, 0.1) is 17.0 Å². The Kier molecular flexibility index (Phi) is 3.25. The van der Waals surface area contributed by atoms with Crippen molar-refractivity contribution in [2.75, 3.05) is 0 Å². The van der Waals surface area contributed by atoms with E-state index in [4.69, 9.17) is 4.42 Å². The minimum absolute atomic E-state index is 0.273. The molecule has 0 radical (unpaired) electrons. The number of aromatic nitrogens is 4. The molecule has 3 aromatic rings. The smallest absolute Gasteiger partial charge is 0.268 e. The molecule has 8 heteroatoms. The Morgan fingerprint density at radius 3 is 1.81 bits per heavy atom. The van der Waals surface area contributed by atoms with E-state index in [1.54, 1.807) is 26.0 Å². The van der Waals surface area contributed by atoms with E-state index in [0.717, 1.165) is 0 Å². The van der Waals surface area contributed by atoms with Crippen molar-refractivity contribution in [1.29, 1.82) is 0 Å². The molecule has 3 rings (SSSR count). The standard InChI is InChI=1S/C13H13BrN4O3/c1-5-9(12(19)17-15-5)11(7-3-4-8(14)21-7)10-6(2)16-18-13(10)20/h3-4,11H,1-2H3,(H2,15,17,19)(H2,16,18,20). The number of hydrogen-bond acceptors (Lipinski definition) is 3. The summed E-state index contributed by atoms with van der Waals surface area (Å²) in [5.41, 5.74) is 1.71. The molecule has 0 saturated heterocycles. The zero-order valence-corrected chi connectivity index (χ0v) is 12.9. The molecule has 0 atom stereocenters. The lowest BCUT2D eigenvalue weighted by molar-refractivity contribution is 0.480. The van der Waals surface area contributed by atoms with Crippen LogP contribution in [0.3, 0.4) is 0 Å². The predicted octanol–water partition coefficient (Wildman–Crippen LogP) is 1.87. The molecule has 7 nitrogen and oxygen atoms in total. The maximum atomic E-state index is 12.1.